The van der Waals surface area contributed by atoms with Gasteiger partial charge in [0, 0.05) is 12.8 Å². The Bertz CT molecular complexity index is 533. The Morgan fingerprint density at radius 2 is 1.43 bits per heavy atom. The number of carbonyl (C=O) groups is 1. The fourth-order valence-corrected chi connectivity index (χ4v) is 2.44. The normalized spacial score (nSPS) is 10.8. The van der Waals surface area contributed by atoms with Crippen LogP contribution in [0.2, 0.25) is 0 Å². The first kappa shape index (κ1) is 21.8. The van der Waals surface area contributed by atoms with Gasteiger partial charge < -0.3 is 0 Å². The van der Waals surface area contributed by atoms with Crippen LogP contribution in [0.15, 0.2) is 29.2 Å². The van der Waals surface area contributed by atoms with E-state index in [1.165, 1.54) is 31.4 Å². The van der Waals surface area contributed by atoms with Gasteiger partial charge in [-0.15, -0.1) is 0 Å². The third-order valence-corrected chi connectivity index (χ3v) is 4.31. The standard InChI is InChI=1S/C11H22O.C7H8O3S/c1-3-5-7-8-10-11(12)9-6-4-2;1-6-2-4-7(5-3-6)11(8,9)10/h3-10H2,1-2H3;2-5H,1H3,(H,8,9,10). The second-order valence-electron chi connectivity index (χ2n) is 5.74. The van der Waals surface area contributed by atoms with Gasteiger partial charge in [0.15, 0.2) is 0 Å². The van der Waals surface area contributed by atoms with Crippen molar-refractivity contribution in [2.45, 2.75) is 77.0 Å². The van der Waals surface area contributed by atoms with Crippen LogP contribution in [-0.4, -0.2) is 18.8 Å². The molecule has 132 valence electrons. The van der Waals surface area contributed by atoms with Crippen molar-refractivity contribution >= 4 is 15.9 Å². The van der Waals surface area contributed by atoms with Gasteiger partial charge in [-0.2, -0.15) is 8.42 Å². The monoisotopic (exact) mass is 342 g/mol. The lowest BCUT2D eigenvalue weighted by Crippen LogP contribution is -1.96. The highest BCUT2D eigenvalue weighted by Crippen LogP contribution is 2.08. The summed E-state index contributed by atoms with van der Waals surface area (Å²) < 4.78 is 29.6. The summed E-state index contributed by atoms with van der Waals surface area (Å²) in [5, 5.41) is 0. The average Bonchev–Trinajstić information content (AvgIpc) is 2.50. The second kappa shape index (κ2) is 12.3. The molecule has 0 fully saturated rings. The predicted molar refractivity (Wildman–Crippen MR) is 94.3 cm³/mol. The van der Waals surface area contributed by atoms with Gasteiger partial charge >= 0.3 is 0 Å². The fraction of sp³-hybridized carbons (Fsp3) is 0.611. The second-order valence-corrected chi connectivity index (χ2v) is 7.16. The van der Waals surface area contributed by atoms with Gasteiger partial charge in [-0.25, -0.2) is 0 Å². The third-order valence-electron chi connectivity index (χ3n) is 3.44. The van der Waals surface area contributed by atoms with E-state index in [-0.39, 0.29) is 4.90 Å². The summed E-state index contributed by atoms with van der Waals surface area (Å²) in [5.74, 6) is 0.466. The molecule has 4 nitrogen and oxygen atoms in total. The number of rotatable bonds is 9. The molecule has 0 aromatic heterocycles. The maximum atomic E-state index is 11.2. The summed E-state index contributed by atoms with van der Waals surface area (Å²) in [6.07, 6.45) is 8.71. The minimum Gasteiger partial charge on any atom is -0.300 e. The smallest absolute Gasteiger partial charge is 0.294 e. The van der Waals surface area contributed by atoms with Gasteiger partial charge in [0.2, 0.25) is 0 Å². The molecule has 1 aromatic carbocycles. The zero-order valence-electron chi connectivity index (χ0n) is 14.5. The topological polar surface area (TPSA) is 71.4 Å². The van der Waals surface area contributed by atoms with Crippen LogP contribution in [0.5, 0.6) is 0 Å². The van der Waals surface area contributed by atoms with E-state index in [0.29, 0.717) is 5.78 Å². The number of ketones is 1. The first-order chi connectivity index (χ1) is 10.8. The van der Waals surface area contributed by atoms with Crippen LogP contribution in [0.4, 0.5) is 0 Å². The van der Waals surface area contributed by atoms with Crippen LogP contribution in [0, 0.1) is 6.92 Å². The van der Waals surface area contributed by atoms with Gasteiger partial charge in [-0.1, -0.05) is 57.2 Å². The molecule has 0 unspecified atom stereocenters. The molecule has 0 spiro atoms. The number of unbranched alkanes of at least 4 members (excludes halogenated alkanes) is 4. The molecule has 5 heteroatoms. The first-order valence-electron chi connectivity index (χ1n) is 8.37. The van der Waals surface area contributed by atoms with Crippen molar-refractivity contribution in [1.82, 2.24) is 0 Å². The Hall–Kier alpha value is -1.20. The molecule has 1 N–H and O–H groups in total. The molecular weight excluding hydrogens is 312 g/mol. The van der Waals surface area contributed by atoms with E-state index in [1.807, 2.05) is 6.92 Å². The van der Waals surface area contributed by atoms with Crippen LogP contribution in [0.1, 0.15) is 70.8 Å². The number of aryl methyl sites for hydroxylation is 1. The summed E-state index contributed by atoms with van der Waals surface area (Å²) in [6, 6.07) is 5.99. The number of Topliss-reactive ketones (excluding diaryl/α,β-unsaturated/α-hetero) is 1. The minimum absolute atomic E-state index is 0.0666. The third kappa shape index (κ3) is 12.0. The summed E-state index contributed by atoms with van der Waals surface area (Å²) in [7, 11) is -4.02. The molecule has 0 aliphatic heterocycles. The largest absolute Gasteiger partial charge is 0.300 e. The molecule has 0 amide bonds. The van der Waals surface area contributed by atoms with Gasteiger partial charge in [0.05, 0.1) is 4.90 Å². The highest BCUT2D eigenvalue weighted by atomic mass is 32.2. The number of hydrogen-bond acceptors (Lipinski definition) is 3. The summed E-state index contributed by atoms with van der Waals surface area (Å²) in [6.45, 7) is 6.16. The van der Waals surface area contributed by atoms with Gasteiger partial charge in [-0.05, 0) is 31.9 Å². The highest BCUT2D eigenvalue weighted by Gasteiger charge is 2.06. The molecule has 0 radical (unpaired) electrons. The summed E-state index contributed by atoms with van der Waals surface area (Å²) >= 11 is 0. The Kier molecular flexibility index (Phi) is 11.6. The van der Waals surface area contributed by atoms with Crippen LogP contribution in [-0.2, 0) is 14.9 Å². The maximum Gasteiger partial charge on any atom is 0.294 e. The van der Waals surface area contributed by atoms with E-state index < -0.39 is 10.1 Å². The molecule has 0 heterocycles. The lowest BCUT2D eigenvalue weighted by Gasteiger charge is -1.98. The number of hydrogen-bond donors (Lipinski definition) is 1. The van der Waals surface area contributed by atoms with Crippen molar-refractivity contribution in [3.05, 3.63) is 29.8 Å². The quantitative estimate of drug-likeness (QED) is 0.508. The zero-order chi connectivity index (χ0) is 17.7. The zero-order valence-corrected chi connectivity index (χ0v) is 15.4. The van der Waals surface area contributed by atoms with E-state index >= 15 is 0 Å². The molecule has 0 saturated heterocycles. The number of benzene rings is 1. The Balaban J connectivity index is 0.000000422. The van der Waals surface area contributed by atoms with Crippen molar-refractivity contribution in [2.75, 3.05) is 0 Å². The van der Waals surface area contributed by atoms with Crippen molar-refractivity contribution in [1.29, 1.82) is 0 Å². The van der Waals surface area contributed by atoms with Crippen LogP contribution >= 0.6 is 0 Å². The molecule has 1 aromatic rings. The molecule has 0 atom stereocenters. The predicted octanol–water partition coefficient (Wildman–Crippen LogP) is 4.96. The van der Waals surface area contributed by atoms with Crippen molar-refractivity contribution in [2.24, 2.45) is 0 Å². The first-order valence-corrected chi connectivity index (χ1v) is 9.81. The van der Waals surface area contributed by atoms with E-state index in [4.69, 9.17) is 4.55 Å². The van der Waals surface area contributed by atoms with Gasteiger partial charge in [0.25, 0.3) is 10.1 Å². The van der Waals surface area contributed by atoms with Crippen LogP contribution in [0.3, 0.4) is 0 Å². The lowest BCUT2D eigenvalue weighted by atomic mass is 10.1. The van der Waals surface area contributed by atoms with E-state index in [9.17, 15) is 13.2 Å². The SMILES string of the molecule is CCCCCCC(=O)CCCC.Cc1ccc(S(=O)(=O)O)cc1. The minimum atomic E-state index is -4.02. The number of carbonyl (C=O) groups excluding carboxylic acids is 1. The van der Waals surface area contributed by atoms with E-state index in [2.05, 4.69) is 13.8 Å². The Morgan fingerprint density at radius 3 is 1.91 bits per heavy atom. The molecule has 23 heavy (non-hydrogen) atoms. The highest BCUT2D eigenvalue weighted by molar-refractivity contribution is 7.85. The van der Waals surface area contributed by atoms with E-state index in [1.54, 1.807) is 12.1 Å². The maximum absolute atomic E-state index is 11.2. The molecule has 0 aliphatic carbocycles. The summed E-state index contributed by atoms with van der Waals surface area (Å²) in [5.41, 5.74) is 0.956. The average molecular weight is 343 g/mol. The van der Waals surface area contributed by atoms with Gasteiger partial charge in [0.1, 0.15) is 5.78 Å². The molecule has 0 aliphatic rings. The van der Waals surface area contributed by atoms with Crippen LogP contribution < -0.4 is 0 Å². The van der Waals surface area contributed by atoms with Gasteiger partial charge in [-0.3, -0.25) is 9.35 Å². The molecule has 0 bridgehead atoms. The Labute approximate surface area is 141 Å². The van der Waals surface area contributed by atoms with Crippen molar-refractivity contribution in [3.63, 3.8) is 0 Å². The molecule has 1 rings (SSSR count). The summed E-state index contributed by atoms with van der Waals surface area (Å²) in [4.78, 5) is 11.1. The molecular formula is C18H30O4S. The lowest BCUT2D eigenvalue weighted by molar-refractivity contribution is -0.119. The molecule has 0 saturated carbocycles. The van der Waals surface area contributed by atoms with Crippen molar-refractivity contribution in [3.8, 4) is 0 Å². The van der Waals surface area contributed by atoms with E-state index in [0.717, 1.165) is 37.7 Å². The Morgan fingerprint density at radius 1 is 0.913 bits per heavy atom. The fourth-order valence-electron chi connectivity index (χ4n) is 1.96. The van der Waals surface area contributed by atoms with Crippen LogP contribution in [0.25, 0.3) is 0 Å². The van der Waals surface area contributed by atoms with Crippen molar-refractivity contribution < 1.29 is 17.8 Å².